The van der Waals surface area contributed by atoms with Crippen molar-refractivity contribution in [1.82, 2.24) is 5.32 Å². The lowest BCUT2D eigenvalue weighted by molar-refractivity contribution is 0.245. The summed E-state index contributed by atoms with van der Waals surface area (Å²) in [6, 6.07) is 7.24. The molecule has 1 aromatic rings. The van der Waals surface area contributed by atoms with Gasteiger partial charge in [0.2, 0.25) is 0 Å². The Morgan fingerprint density at radius 1 is 1.40 bits per heavy atom. The topological polar surface area (TPSA) is 58.4 Å². The molecule has 3 N–H and O–H groups in total. The van der Waals surface area contributed by atoms with Gasteiger partial charge in [0.1, 0.15) is 0 Å². The van der Waals surface area contributed by atoms with E-state index in [1.54, 1.807) is 13.1 Å². The number of nitrogens with two attached hydrogens (primary N) is 1. The number of nitrogens with zero attached hydrogens (tertiary/aromatic N) is 1. The normalized spacial score (nSPS) is 10.1. The predicted molar refractivity (Wildman–Crippen MR) is 62.9 cm³/mol. The van der Waals surface area contributed by atoms with Crippen LogP contribution in [0.25, 0.3) is 0 Å². The molecule has 0 aromatic heterocycles. The lowest BCUT2D eigenvalue weighted by atomic mass is 10.2. The highest BCUT2D eigenvalue weighted by Crippen LogP contribution is 2.20. The molecule has 82 valence electrons. The van der Waals surface area contributed by atoms with Crippen molar-refractivity contribution in [2.45, 2.75) is 19.9 Å². The summed E-state index contributed by atoms with van der Waals surface area (Å²) < 4.78 is 0. The Kier molecular flexibility index (Phi) is 3.55. The number of amides is 2. The van der Waals surface area contributed by atoms with Crippen LogP contribution in [0.3, 0.4) is 0 Å². The molecule has 0 bridgehead atoms. The van der Waals surface area contributed by atoms with Crippen LogP contribution in [0.1, 0.15) is 13.8 Å². The molecule has 0 saturated heterocycles. The molecule has 1 aromatic carbocycles. The van der Waals surface area contributed by atoms with Crippen LogP contribution in [0.4, 0.5) is 16.2 Å². The van der Waals surface area contributed by atoms with E-state index in [-0.39, 0.29) is 12.1 Å². The van der Waals surface area contributed by atoms with Gasteiger partial charge < -0.3 is 11.1 Å². The van der Waals surface area contributed by atoms with Gasteiger partial charge in [0.05, 0.1) is 11.4 Å². The van der Waals surface area contributed by atoms with Crippen LogP contribution in [-0.2, 0) is 0 Å². The van der Waals surface area contributed by atoms with E-state index in [2.05, 4.69) is 5.32 Å². The van der Waals surface area contributed by atoms with Crippen LogP contribution in [0, 0.1) is 0 Å². The number of hydrogen-bond acceptors (Lipinski definition) is 2. The number of nitrogen functional groups attached to an aromatic ring is 1. The first-order chi connectivity index (χ1) is 7.02. The van der Waals surface area contributed by atoms with Gasteiger partial charge in [0, 0.05) is 13.1 Å². The first-order valence-electron chi connectivity index (χ1n) is 4.91. The molecule has 15 heavy (non-hydrogen) atoms. The summed E-state index contributed by atoms with van der Waals surface area (Å²) in [5.74, 6) is 0. The Labute approximate surface area is 90.1 Å². The third kappa shape index (κ3) is 2.87. The fourth-order valence-corrected chi connectivity index (χ4v) is 1.25. The number of para-hydroxylation sites is 2. The monoisotopic (exact) mass is 207 g/mol. The van der Waals surface area contributed by atoms with Crippen LogP contribution in [0.15, 0.2) is 24.3 Å². The summed E-state index contributed by atoms with van der Waals surface area (Å²) >= 11 is 0. The fourth-order valence-electron chi connectivity index (χ4n) is 1.25. The van der Waals surface area contributed by atoms with E-state index < -0.39 is 0 Å². The lowest BCUT2D eigenvalue weighted by Crippen LogP contribution is -2.41. The zero-order valence-corrected chi connectivity index (χ0v) is 9.32. The molecule has 0 spiro atoms. The van der Waals surface area contributed by atoms with Gasteiger partial charge in [-0.25, -0.2) is 4.79 Å². The summed E-state index contributed by atoms with van der Waals surface area (Å²) in [4.78, 5) is 13.2. The maximum absolute atomic E-state index is 11.7. The van der Waals surface area contributed by atoms with Crippen LogP contribution in [-0.4, -0.2) is 19.1 Å². The van der Waals surface area contributed by atoms with Crippen molar-refractivity contribution in [3.05, 3.63) is 24.3 Å². The van der Waals surface area contributed by atoms with E-state index in [9.17, 15) is 4.79 Å². The SMILES string of the molecule is CC(C)NC(=O)N(C)c1ccccc1N. The molecule has 0 unspecified atom stereocenters. The molecular weight excluding hydrogens is 190 g/mol. The van der Waals surface area contributed by atoms with Crippen LogP contribution in [0.5, 0.6) is 0 Å². The van der Waals surface area contributed by atoms with Gasteiger partial charge in [-0.2, -0.15) is 0 Å². The van der Waals surface area contributed by atoms with Crippen molar-refractivity contribution in [2.75, 3.05) is 17.7 Å². The average Bonchev–Trinajstić information content (AvgIpc) is 2.16. The van der Waals surface area contributed by atoms with Gasteiger partial charge in [-0.3, -0.25) is 4.90 Å². The summed E-state index contributed by atoms with van der Waals surface area (Å²) in [5.41, 5.74) is 7.08. The number of benzene rings is 1. The van der Waals surface area contributed by atoms with Gasteiger partial charge in [-0.15, -0.1) is 0 Å². The molecule has 1 rings (SSSR count). The summed E-state index contributed by atoms with van der Waals surface area (Å²) in [6.07, 6.45) is 0. The second-order valence-electron chi connectivity index (χ2n) is 3.72. The summed E-state index contributed by atoms with van der Waals surface area (Å²) in [5, 5.41) is 2.80. The molecule has 0 atom stereocenters. The van der Waals surface area contributed by atoms with Gasteiger partial charge in [0.15, 0.2) is 0 Å². The molecule has 0 fully saturated rings. The van der Waals surface area contributed by atoms with E-state index >= 15 is 0 Å². The zero-order chi connectivity index (χ0) is 11.4. The molecule has 4 nitrogen and oxygen atoms in total. The molecule has 2 amide bonds. The third-order valence-corrected chi connectivity index (χ3v) is 2.01. The molecule has 4 heteroatoms. The van der Waals surface area contributed by atoms with Crippen molar-refractivity contribution in [1.29, 1.82) is 0 Å². The quantitative estimate of drug-likeness (QED) is 0.727. The van der Waals surface area contributed by atoms with Crippen LogP contribution in [0.2, 0.25) is 0 Å². The van der Waals surface area contributed by atoms with E-state index in [4.69, 9.17) is 5.73 Å². The summed E-state index contributed by atoms with van der Waals surface area (Å²) in [6.45, 7) is 3.83. The maximum Gasteiger partial charge on any atom is 0.321 e. The Balaban J connectivity index is 2.81. The van der Waals surface area contributed by atoms with Gasteiger partial charge in [0.25, 0.3) is 0 Å². The molecule has 0 aliphatic carbocycles. The second kappa shape index (κ2) is 4.68. The minimum Gasteiger partial charge on any atom is -0.397 e. The van der Waals surface area contributed by atoms with E-state index in [1.807, 2.05) is 32.0 Å². The molecule has 0 aliphatic heterocycles. The molecule has 0 aliphatic rings. The number of anilines is 2. The highest BCUT2D eigenvalue weighted by molar-refractivity contribution is 5.94. The van der Waals surface area contributed by atoms with E-state index in [0.29, 0.717) is 5.69 Å². The Morgan fingerprint density at radius 2 is 2.00 bits per heavy atom. The highest BCUT2D eigenvalue weighted by Gasteiger charge is 2.12. The first kappa shape index (κ1) is 11.4. The molecule has 0 saturated carbocycles. The predicted octanol–water partition coefficient (Wildman–Crippen LogP) is 1.82. The summed E-state index contributed by atoms with van der Waals surface area (Å²) in [7, 11) is 1.70. The van der Waals surface area contributed by atoms with Crippen LogP contribution < -0.4 is 16.0 Å². The molecule has 0 heterocycles. The first-order valence-corrected chi connectivity index (χ1v) is 4.91. The van der Waals surface area contributed by atoms with Crippen molar-refractivity contribution >= 4 is 17.4 Å². The van der Waals surface area contributed by atoms with Gasteiger partial charge >= 0.3 is 6.03 Å². The van der Waals surface area contributed by atoms with Crippen molar-refractivity contribution < 1.29 is 4.79 Å². The standard InChI is InChI=1S/C11H17N3O/c1-8(2)13-11(15)14(3)10-7-5-4-6-9(10)12/h4-8H,12H2,1-3H3,(H,13,15). The van der Waals surface area contributed by atoms with Crippen molar-refractivity contribution in [3.8, 4) is 0 Å². The zero-order valence-electron chi connectivity index (χ0n) is 9.32. The Bertz CT molecular complexity index is 349. The smallest absolute Gasteiger partial charge is 0.321 e. The van der Waals surface area contributed by atoms with Crippen molar-refractivity contribution in [2.24, 2.45) is 0 Å². The Hall–Kier alpha value is -1.71. The number of carbonyl (C=O) groups is 1. The largest absolute Gasteiger partial charge is 0.397 e. The fraction of sp³-hybridized carbons (Fsp3) is 0.364. The van der Waals surface area contributed by atoms with E-state index in [1.165, 1.54) is 4.90 Å². The highest BCUT2D eigenvalue weighted by atomic mass is 16.2. The number of carbonyl (C=O) groups excluding carboxylic acids is 1. The average molecular weight is 207 g/mol. The van der Waals surface area contributed by atoms with Gasteiger partial charge in [-0.1, -0.05) is 12.1 Å². The minimum absolute atomic E-state index is 0.116. The van der Waals surface area contributed by atoms with Crippen LogP contribution >= 0.6 is 0 Å². The second-order valence-corrected chi connectivity index (χ2v) is 3.72. The maximum atomic E-state index is 11.7. The lowest BCUT2D eigenvalue weighted by Gasteiger charge is -2.21. The third-order valence-electron chi connectivity index (χ3n) is 2.01. The number of hydrogen-bond donors (Lipinski definition) is 2. The number of nitrogens with one attached hydrogen (secondary N) is 1. The number of urea groups is 1. The number of rotatable bonds is 2. The minimum atomic E-state index is -0.150. The molecule has 0 radical (unpaired) electrons. The Morgan fingerprint density at radius 3 is 2.53 bits per heavy atom. The molecular formula is C11H17N3O. The van der Waals surface area contributed by atoms with Gasteiger partial charge in [-0.05, 0) is 26.0 Å². The van der Waals surface area contributed by atoms with Crippen molar-refractivity contribution in [3.63, 3.8) is 0 Å². The van der Waals surface area contributed by atoms with E-state index in [0.717, 1.165) is 5.69 Å².